The number of hydrogen-bond donors (Lipinski definition) is 2. The first-order valence-corrected chi connectivity index (χ1v) is 11.1. The summed E-state index contributed by atoms with van der Waals surface area (Å²) < 4.78 is 69.7. The van der Waals surface area contributed by atoms with E-state index in [1.54, 1.807) is 0 Å². The van der Waals surface area contributed by atoms with Crippen LogP contribution in [0.3, 0.4) is 0 Å². The summed E-state index contributed by atoms with van der Waals surface area (Å²) in [4.78, 5) is 22.7. The van der Waals surface area contributed by atoms with Gasteiger partial charge in [-0.3, -0.25) is 4.90 Å². The number of carboxylic acids is 2. The third-order valence-electron chi connectivity index (χ3n) is 5.98. The number of halogens is 6. The highest BCUT2D eigenvalue weighted by atomic mass is 19.4. The number of ether oxygens (including phenoxy) is 1. The second-order valence-corrected chi connectivity index (χ2v) is 9.14. The first-order chi connectivity index (χ1) is 16.4. The Hall–Kier alpha value is -2.38. The Balaban J connectivity index is 0.000000383. The second-order valence-electron chi connectivity index (χ2n) is 9.14. The molecule has 0 unspecified atom stereocenters. The summed E-state index contributed by atoms with van der Waals surface area (Å²) in [7, 11) is 4.40. The highest BCUT2D eigenvalue weighted by Gasteiger charge is 2.43. The van der Waals surface area contributed by atoms with Crippen LogP contribution < -0.4 is 0 Å². The van der Waals surface area contributed by atoms with E-state index in [0.717, 1.165) is 26.2 Å². The molecule has 2 N–H and O–H groups in total. The maximum Gasteiger partial charge on any atom is 0.490 e. The molecule has 7 nitrogen and oxygen atoms in total. The molecule has 0 aromatic heterocycles. The van der Waals surface area contributed by atoms with E-state index in [2.05, 4.69) is 55.9 Å². The zero-order chi connectivity index (χ0) is 27.9. The van der Waals surface area contributed by atoms with Gasteiger partial charge in [-0.2, -0.15) is 26.3 Å². The molecule has 0 radical (unpaired) electrons. The van der Waals surface area contributed by atoms with Crippen molar-refractivity contribution in [2.24, 2.45) is 0 Å². The molecule has 3 rings (SSSR count). The average Bonchev–Trinajstić information content (AvgIpc) is 3.11. The Bertz CT molecular complexity index is 867. The molecule has 1 spiro atoms. The largest absolute Gasteiger partial charge is 0.490 e. The Morgan fingerprint density at radius 2 is 1.61 bits per heavy atom. The van der Waals surface area contributed by atoms with Gasteiger partial charge in [0, 0.05) is 32.3 Å². The molecule has 2 aliphatic rings. The molecule has 36 heavy (non-hydrogen) atoms. The lowest BCUT2D eigenvalue weighted by Gasteiger charge is -2.40. The van der Waals surface area contributed by atoms with E-state index < -0.39 is 24.3 Å². The molecular formula is C23H32F6N2O5. The van der Waals surface area contributed by atoms with E-state index in [1.165, 1.54) is 36.0 Å². The summed E-state index contributed by atoms with van der Waals surface area (Å²) in [5.74, 6) is -5.51. The number of nitrogens with zero attached hydrogens (tertiary/aromatic N) is 2. The van der Waals surface area contributed by atoms with E-state index in [0.29, 0.717) is 6.04 Å². The number of carboxylic acid groups (broad SMARTS) is 2. The number of aliphatic carboxylic acids is 2. The number of alkyl halides is 6. The monoisotopic (exact) mass is 530 g/mol. The topological polar surface area (TPSA) is 90.3 Å². The number of carbonyl (C=O) groups is 2. The van der Waals surface area contributed by atoms with Crippen LogP contribution in [0.2, 0.25) is 0 Å². The van der Waals surface area contributed by atoms with Gasteiger partial charge in [-0.05, 0) is 58.3 Å². The lowest BCUT2D eigenvalue weighted by Crippen LogP contribution is -2.48. The molecule has 0 bridgehead atoms. The van der Waals surface area contributed by atoms with Crippen molar-refractivity contribution >= 4 is 11.9 Å². The first kappa shape index (κ1) is 31.6. The second kappa shape index (κ2) is 12.7. The number of benzene rings is 1. The lowest BCUT2D eigenvalue weighted by molar-refractivity contribution is -0.193. The van der Waals surface area contributed by atoms with Gasteiger partial charge in [-0.15, -0.1) is 0 Å². The van der Waals surface area contributed by atoms with Crippen molar-refractivity contribution in [3.05, 3.63) is 34.9 Å². The molecule has 1 aromatic rings. The fourth-order valence-corrected chi connectivity index (χ4v) is 4.00. The minimum atomic E-state index is -5.08. The van der Waals surface area contributed by atoms with E-state index in [-0.39, 0.29) is 5.60 Å². The molecule has 2 heterocycles. The van der Waals surface area contributed by atoms with E-state index in [4.69, 9.17) is 24.5 Å². The van der Waals surface area contributed by atoms with Gasteiger partial charge in [0.05, 0.1) is 5.60 Å². The van der Waals surface area contributed by atoms with E-state index in [1.807, 2.05) is 0 Å². The zero-order valence-corrected chi connectivity index (χ0v) is 20.5. The van der Waals surface area contributed by atoms with Crippen LogP contribution in [0.5, 0.6) is 0 Å². The molecule has 206 valence electrons. The van der Waals surface area contributed by atoms with Crippen LogP contribution in [0.25, 0.3) is 0 Å². The predicted molar refractivity (Wildman–Crippen MR) is 119 cm³/mol. The minimum Gasteiger partial charge on any atom is -0.475 e. The van der Waals surface area contributed by atoms with Crippen LogP contribution in [-0.2, 0) is 20.9 Å². The van der Waals surface area contributed by atoms with Crippen LogP contribution >= 0.6 is 0 Å². The van der Waals surface area contributed by atoms with Gasteiger partial charge in [-0.1, -0.05) is 23.8 Å². The zero-order valence-electron chi connectivity index (χ0n) is 20.5. The van der Waals surface area contributed by atoms with Gasteiger partial charge in [0.25, 0.3) is 0 Å². The smallest absolute Gasteiger partial charge is 0.475 e. The van der Waals surface area contributed by atoms with Crippen LogP contribution in [0.15, 0.2) is 18.2 Å². The van der Waals surface area contributed by atoms with Gasteiger partial charge in [0.15, 0.2) is 0 Å². The fourth-order valence-electron chi connectivity index (χ4n) is 4.00. The number of aryl methyl sites for hydroxylation is 2. The third kappa shape index (κ3) is 10.3. The van der Waals surface area contributed by atoms with E-state index >= 15 is 0 Å². The molecule has 0 amide bonds. The van der Waals surface area contributed by atoms with Crippen LogP contribution in [0.1, 0.15) is 36.0 Å². The lowest BCUT2D eigenvalue weighted by atomic mass is 9.89. The molecular weight excluding hydrogens is 498 g/mol. The summed E-state index contributed by atoms with van der Waals surface area (Å²) >= 11 is 0. The Kier molecular flexibility index (Phi) is 11.2. The molecule has 0 saturated carbocycles. The summed E-state index contributed by atoms with van der Waals surface area (Å²) in [5.41, 5.74) is 4.33. The van der Waals surface area contributed by atoms with Crippen LogP contribution in [0, 0.1) is 13.8 Å². The number of rotatable bonds is 3. The van der Waals surface area contributed by atoms with Crippen molar-refractivity contribution < 1.29 is 50.9 Å². The van der Waals surface area contributed by atoms with Crippen molar-refractivity contribution in [1.29, 1.82) is 0 Å². The Morgan fingerprint density at radius 3 is 2.08 bits per heavy atom. The number of likely N-dealkylation sites (tertiary alicyclic amines) is 1. The van der Waals surface area contributed by atoms with E-state index in [9.17, 15) is 26.3 Å². The standard InChI is InChI=1S/C19H30N2O.2C2HF3O2/c1-15-5-6-16(2)17(11-15)13-21-9-8-19(14-21)12-18(20(3)4)7-10-22-19;2*3-2(4,5)1(6)7/h5-6,11,18H,7-10,12-14H2,1-4H3;2*(H,6,7)/t18-,19+;;/m0../s1. The molecule has 0 aliphatic carbocycles. The van der Waals surface area contributed by atoms with Crippen molar-refractivity contribution in [2.45, 2.75) is 63.7 Å². The quantitative estimate of drug-likeness (QED) is 0.565. The average molecular weight is 531 g/mol. The van der Waals surface area contributed by atoms with Gasteiger partial charge >= 0.3 is 24.3 Å². The highest BCUT2D eigenvalue weighted by Crippen LogP contribution is 2.36. The molecule has 2 fully saturated rings. The highest BCUT2D eigenvalue weighted by molar-refractivity contribution is 5.73. The normalized spacial score (nSPS) is 22.5. The van der Waals surface area contributed by atoms with Crippen molar-refractivity contribution in [3.63, 3.8) is 0 Å². The molecule has 2 atom stereocenters. The van der Waals surface area contributed by atoms with Gasteiger partial charge in [0.2, 0.25) is 0 Å². The van der Waals surface area contributed by atoms with Crippen molar-refractivity contribution in [2.75, 3.05) is 33.8 Å². The first-order valence-electron chi connectivity index (χ1n) is 11.1. The Morgan fingerprint density at radius 1 is 1.08 bits per heavy atom. The molecule has 2 aliphatic heterocycles. The molecule has 1 aromatic carbocycles. The third-order valence-corrected chi connectivity index (χ3v) is 5.98. The van der Waals surface area contributed by atoms with Crippen LogP contribution in [-0.4, -0.2) is 89.7 Å². The van der Waals surface area contributed by atoms with Crippen molar-refractivity contribution in [1.82, 2.24) is 9.80 Å². The van der Waals surface area contributed by atoms with Gasteiger partial charge in [-0.25, -0.2) is 9.59 Å². The SMILES string of the molecule is Cc1ccc(C)c(CN2CC[C@@]3(C[C@@H](N(C)C)CCO3)C2)c1.O=C(O)C(F)(F)F.O=C(O)C(F)(F)F. The predicted octanol–water partition coefficient (Wildman–Crippen LogP) is 4.26. The summed E-state index contributed by atoms with van der Waals surface area (Å²) in [6, 6.07) is 7.46. The summed E-state index contributed by atoms with van der Waals surface area (Å²) in [6.45, 7) is 8.63. The fraction of sp³-hybridized carbons (Fsp3) is 0.652. The Labute approximate surface area is 205 Å². The maximum absolute atomic E-state index is 10.6. The van der Waals surface area contributed by atoms with Gasteiger partial charge in [0.1, 0.15) is 0 Å². The van der Waals surface area contributed by atoms with Crippen molar-refractivity contribution in [3.8, 4) is 0 Å². The summed E-state index contributed by atoms with van der Waals surface area (Å²) in [6.07, 6.45) is -6.63. The van der Waals surface area contributed by atoms with Crippen LogP contribution in [0.4, 0.5) is 26.3 Å². The maximum atomic E-state index is 10.6. The summed E-state index contributed by atoms with van der Waals surface area (Å²) in [5, 5.41) is 14.2. The van der Waals surface area contributed by atoms with Gasteiger partial charge < -0.3 is 19.8 Å². The minimum absolute atomic E-state index is 0.102. The molecule has 2 saturated heterocycles. The number of hydrogen-bond acceptors (Lipinski definition) is 5. The molecule has 13 heteroatoms.